The summed E-state index contributed by atoms with van der Waals surface area (Å²) >= 11 is 0. The molecule has 2 heterocycles. The van der Waals surface area contributed by atoms with Gasteiger partial charge in [0, 0.05) is 24.8 Å². The third kappa shape index (κ3) is 3.84. The maximum absolute atomic E-state index is 4.22. The molecule has 0 bridgehead atoms. The summed E-state index contributed by atoms with van der Waals surface area (Å²) in [6, 6.07) is 43.5. The van der Waals surface area contributed by atoms with Gasteiger partial charge in [-0.05, 0) is 102 Å². The number of rotatable bonds is 4. The maximum atomic E-state index is 4.22. The number of benzene rings is 5. The van der Waals surface area contributed by atoms with Crippen LogP contribution in [-0.4, -0.2) is 9.97 Å². The van der Waals surface area contributed by atoms with E-state index < -0.39 is 0 Å². The summed E-state index contributed by atoms with van der Waals surface area (Å²) in [5.74, 6) is 0. The van der Waals surface area contributed by atoms with Crippen LogP contribution in [0.25, 0.3) is 66.1 Å². The van der Waals surface area contributed by atoms with Gasteiger partial charge in [0.1, 0.15) is 0 Å². The van der Waals surface area contributed by atoms with Crippen LogP contribution in [0.2, 0.25) is 0 Å². The number of fused-ring (bicyclic) bond motifs is 2. The highest BCUT2D eigenvalue weighted by Gasteiger charge is 2.18. The molecule has 2 heteroatoms. The molecule has 0 amide bonds. The van der Waals surface area contributed by atoms with Crippen LogP contribution in [0.3, 0.4) is 0 Å². The van der Waals surface area contributed by atoms with Gasteiger partial charge in [0.05, 0.1) is 0 Å². The second-order valence-corrected chi connectivity index (χ2v) is 9.47. The Bertz CT molecular complexity index is 1740. The van der Waals surface area contributed by atoms with Crippen molar-refractivity contribution >= 4 is 21.5 Å². The Morgan fingerprint density at radius 1 is 0.289 bits per heavy atom. The summed E-state index contributed by atoms with van der Waals surface area (Å²) in [6.07, 6.45) is 7.42. The first kappa shape index (κ1) is 22.1. The molecule has 0 aliphatic heterocycles. The lowest BCUT2D eigenvalue weighted by Gasteiger charge is -2.19. The number of nitrogens with zero attached hydrogens (tertiary/aromatic N) is 2. The standard InChI is InChI=1S/C36H24N2/c1-3-7-27(8-4-1)35-31-13-11-30(26-17-21-38-22-18-26)24-34(31)36(28-9-5-2-6-10-28)32-14-12-29(23-33(32)35)25-15-19-37-20-16-25/h1-24H. The van der Waals surface area contributed by atoms with E-state index in [1.165, 1.54) is 54.9 Å². The predicted molar refractivity (Wildman–Crippen MR) is 159 cm³/mol. The van der Waals surface area contributed by atoms with Crippen LogP contribution in [0, 0.1) is 0 Å². The molecule has 0 aliphatic carbocycles. The lowest BCUT2D eigenvalue weighted by atomic mass is 9.84. The molecule has 178 valence electrons. The third-order valence-corrected chi connectivity index (χ3v) is 7.27. The van der Waals surface area contributed by atoms with Gasteiger partial charge in [0.2, 0.25) is 0 Å². The van der Waals surface area contributed by atoms with Crippen molar-refractivity contribution in [2.24, 2.45) is 0 Å². The summed E-state index contributed by atoms with van der Waals surface area (Å²) in [5, 5.41) is 4.97. The molecule has 2 aromatic heterocycles. The quantitative estimate of drug-likeness (QED) is 0.233. The zero-order valence-corrected chi connectivity index (χ0v) is 20.8. The van der Waals surface area contributed by atoms with Gasteiger partial charge in [0.15, 0.2) is 0 Å². The molecule has 0 saturated carbocycles. The van der Waals surface area contributed by atoms with E-state index in [0.717, 1.165) is 11.1 Å². The van der Waals surface area contributed by atoms with Gasteiger partial charge < -0.3 is 0 Å². The molecule has 0 radical (unpaired) electrons. The molecular weight excluding hydrogens is 460 g/mol. The zero-order chi connectivity index (χ0) is 25.3. The van der Waals surface area contributed by atoms with E-state index in [1.54, 1.807) is 0 Å². The molecule has 0 aliphatic rings. The van der Waals surface area contributed by atoms with E-state index >= 15 is 0 Å². The lowest BCUT2D eigenvalue weighted by molar-refractivity contribution is 1.33. The van der Waals surface area contributed by atoms with E-state index in [1.807, 2.05) is 24.8 Å². The first-order valence-electron chi connectivity index (χ1n) is 12.8. The molecular formula is C36H24N2. The van der Waals surface area contributed by atoms with E-state index in [2.05, 4.69) is 131 Å². The van der Waals surface area contributed by atoms with Crippen LogP contribution in [0.1, 0.15) is 0 Å². The van der Waals surface area contributed by atoms with Crippen molar-refractivity contribution in [3.8, 4) is 44.5 Å². The lowest BCUT2D eigenvalue weighted by Crippen LogP contribution is -1.92. The first-order valence-corrected chi connectivity index (χ1v) is 12.8. The van der Waals surface area contributed by atoms with E-state index in [4.69, 9.17) is 0 Å². The van der Waals surface area contributed by atoms with Crippen LogP contribution in [0.15, 0.2) is 146 Å². The van der Waals surface area contributed by atoms with Crippen molar-refractivity contribution in [2.45, 2.75) is 0 Å². The normalized spacial score (nSPS) is 11.2. The van der Waals surface area contributed by atoms with Gasteiger partial charge >= 0.3 is 0 Å². The Labute approximate surface area is 221 Å². The molecule has 7 rings (SSSR count). The average Bonchev–Trinajstić information content (AvgIpc) is 3.01. The van der Waals surface area contributed by atoms with Crippen LogP contribution in [0.5, 0.6) is 0 Å². The fourth-order valence-corrected chi connectivity index (χ4v) is 5.51. The smallest absolute Gasteiger partial charge is 0.0273 e. The third-order valence-electron chi connectivity index (χ3n) is 7.27. The highest BCUT2D eigenvalue weighted by atomic mass is 14.6. The van der Waals surface area contributed by atoms with E-state index in [9.17, 15) is 0 Å². The molecule has 0 spiro atoms. The van der Waals surface area contributed by atoms with Gasteiger partial charge in [-0.3, -0.25) is 9.97 Å². The molecule has 0 fully saturated rings. The van der Waals surface area contributed by atoms with Crippen molar-refractivity contribution in [2.75, 3.05) is 0 Å². The number of pyridine rings is 2. The summed E-state index contributed by atoms with van der Waals surface area (Å²) in [5.41, 5.74) is 9.63. The van der Waals surface area contributed by atoms with Crippen LogP contribution in [0.4, 0.5) is 0 Å². The van der Waals surface area contributed by atoms with E-state index in [-0.39, 0.29) is 0 Å². The number of hydrogen-bond acceptors (Lipinski definition) is 2. The van der Waals surface area contributed by atoms with Crippen molar-refractivity contribution in [3.63, 3.8) is 0 Å². The molecule has 0 unspecified atom stereocenters. The van der Waals surface area contributed by atoms with Crippen molar-refractivity contribution in [1.29, 1.82) is 0 Å². The highest BCUT2D eigenvalue weighted by molar-refractivity contribution is 6.22. The maximum Gasteiger partial charge on any atom is 0.0273 e. The minimum Gasteiger partial charge on any atom is -0.265 e. The predicted octanol–water partition coefficient (Wildman–Crippen LogP) is 9.45. The van der Waals surface area contributed by atoms with E-state index in [0.29, 0.717) is 0 Å². The highest BCUT2D eigenvalue weighted by Crippen LogP contribution is 2.45. The van der Waals surface area contributed by atoms with Crippen LogP contribution in [-0.2, 0) is 0 Å². The van der Waals surface area contributed by atoms with Gasteiger partial charge in [-0.1, -0.05) is 84.9 Å². The number of hydrogen-bond donors (Lipinski definition) is 0. The molecule has 7 aromatic rings. The molecule has 2 nitrogen and oxygen atoms in total. The second kappa shape index (κ2) is 9.42. The number of aromatic nitrogens is 2. The largest absolute Gasteiger partial charge is 0.265 e. The van der Waals surface area contributed by atoms with Gasteiger partial charge in [-0.2, -0.15) is 0 Å². The van der Waals surface area contributed by atoms with Crippen molar-refractivity contribution in [3.05, 3.63) is 146 Å². The zero-order valence-electron chi connectivity index (χ0n) is 20.8. The Hall–Kier alpha value is -5.08. The van der Waals surface area contributed by atoms with Gasteiger partial charge in [0.25, 0.3) is 0 Å². The summed E-state index contributed by atoms with van der Waals surface area (Å²) in [7, 11) is 0. The summed E-state index contributed by atoms with van der Waals surface area (Å²) < 4.78 is 0. The van der Waals surface area contributed by atoms with Crippen LogP contribution >= 0.6 is 0 Å². The monoisotopic (exact) mass is 484 g/mol. The Balaban J connectivity index is 1.64. The molecule has 0 saturated heterocycles. The first-order chi connectivity index (χ1) is 18.9. The Kier molecular flexibility index (Phi) is 5.49. The Morgan fingerprint density at radius 3 is 1.08 bits per heavy atom. The van der Waals surface area contributed by atoms with Gasteiger partial charge in [-0.25, -0.2) is 0 Å². The average molecular weight is 485 g/mol. The van der Waals surface area contributed by atoms with Crippen molar-refractivity contribution in [1.82, 2.24) is 9.97 Å². The SMILES string of the molecule is c1ccc(-c2c3ccc(-c4ccncc4)cc3c(-c3ccccc3)c3ccc(-c4ccncc4)cc23)cc1. The molecule has 38 heavy (non-hydrogen) atoms. The summed E-state index contributed by atoms with van der Waals surface area (Å²) in [6.45, 7) is 0. The van der Waals surface area contributed by atoms with Crippen LogP contribution < -0.4 is 0 Å². The molecule has 0 N–H and O–H groups in total. The summed E-state index contributed by atoms with van der Waals surface area (Å²) in [4.78, 5) is 8.44. The fraction of sp³-hybridized carbons (Fsp3) is 0. The second-order valence-electron chi connectivity index (χ2n) is 9.47. The minimum absolute atomic E-state index is 1.16. The van der Waals surface area contributed by atoms with Gasteiger partial charge in [-0.15, -0.1) is 0 Å². The fourth-order valence-electron chi connectivity index (χ4n) is 5.51. The minimum atomic E-state index is 1.16. The molecule has 0 atom stereocenters. The topological polar surface area (TPSA) is 25.8 Å². The Morgan fingerprint density at radius 2 is 0.684 bits per heavy atom. The molecule has 5 aromatic carbocycles. The van der Waals surface area contributed by atoms with Crippen molar-refractivity contribution < 1.29 is 0 Å².